The first-order chi connectivity index (χ1) is 9.63. The number of methoxy groups -OCH3 is 1. The lowest BCUT2D eigenvalue weighted by molar-refractivity contribution is -0.136. The van der Waals surface area contributed by atoms with Crippen LogP contribution in [0.2, 0.25) is 0 Å². The molecular weight excluding hydrogens is 256 g/mol. The molecule has 5 heteroatoms. The van der Waals surface area contributed by atoms with Crippen LogP contribution in [0.3, 0.4) is 0 Å². The molecule has 1 rings (SSSR count). The molecule has 0 aromatic carbocycles. The predicted molar refractivity (Wildman–Crippen MR) is 78.3 cm³/mol. The first-order valence-electron chi connectivity index (χ1n) is 7.69. The summed E-state index contributed by atoms with van der Waals surface area (Å²) in [4.78, 5) is 28.1. The average Bonchev–Trinajstić information content (AvgIpc) is 2.71. The summed E-state index contributed by atoms with van der Waals surface area (Å²) in [6.07, 6.45) is 3.08. The van der Waals surface area contributed by atoms with Gasteiger partial charge in [0.25, 0.3) is 0 Å². The molecule has 0 spiro atoms. The van der Waals surface area contributed by atoms with E-state index in [0.29, 0.717) is 26.1 Å². The van der Waals surface area contributed by atoms with Gasteiger partial charge >= 0.3 is 0 Å². The standard InChI is InChI=1S/C15H28N2O3/c1-4-13(5-2)15(19)17-9-6-8-16(10-11-17)14(18)7-12-20-3/h13H,4-12H2,1-3H3. The van der Waals surface area contributed by atoms with E-state index in [9.17, 15) is 9.59 Å². The number of nitrogens with zero attached hydrogens (tertiary/aromatic N) is 2. The van der Waals surface area contributed by atoms with E-state index in [1.54, 1.807) is 7.11 Å². The first kappa shape index (κ1) is 17.0. The number of carbonyl (C=O) groups excluding carboxylic acids is 2. The van der Waals surface area contributed by atoms with Gasteiger partial charge in [0.2, 0.25) is 11.8 Å². The summed E-state index contributed by atoms with van der Waals surface area (Å²) in [7, 11) is 1.60. The van der Waals surface area contributed by atoms with Crippen LogP contribution in [0.25, 0.3) is 0 Å². The lowest BCUT2D eigenvalue weighted by atomic mass is 10.0. The molecule has 5 nitrogen and oxygen atoms in total. The highest BCUT2D eigenvalue weighted by Crippen LogP contribution is 2.14. The fourth-order valence-corrected chi connectivity index (χ4v) is 2.63. The zero-order valence-electron chi connectivity index (χ0n) is 13.1. The molecule has 1 aliphatic heterocycles. The maximum Gasteiger partial charge on any atom is 0.225 e. The summed E-state index contributed by atoms with van der Waals surface area (Å²) < 4.78 is 4.94. The number of hydrogen-bond acceptors (Lipinski definition) is 3. The Morgan fingerprint density at radius 2 is 1.65 bits per heavy atom. The lowest BCUT2D eigenvalue weighted by Gasteiger charge is -2.25. The van der Waals surface area contributed by atoms with Crippen LogP contribution >= 0.6 is 0 Å². The third-order valence-corrected chi connectivity index (χ3v) is 4.02. The summed E-state index contributed by atoms with van der Waals surface area (Å²) in [5.74, 6) is 0.510. The summed E-state index contributed by atoms with van der Waals surface area (Å²) in [6, 6.07) is 0. The van der Waals surface area contributed by atoms with Crippen molar-refractivity contribution in [2.24, 2.45) is 5.92 Å². The van der Waals surface area contributed by atoms with Crippen LogP contribution in [-0.4, -0.2) is 61.5 Å². The van der Waals surface area contributed by atoms with E-state index in [0.717, 1.165) is 32.4 Å². The van der Waals surface area contributed by atoms with Crippen LogP contribution in [0.15, 0.2) is 0 Å². The molecule has 2 amide bonds. The Balaban J connectivity index is 2.50. The summed E-state index contributed by atoms with van der Waals surface area (Å²) in [5.41, 5.74) is 0. The van der Waals surface area contributed by atoms with E-state index in [-0.39, 0.29) is 17.7 Å². The van der Waals surface area contributed by atoms with Crippen molar-refractivity contribution in [2.45, 2.75) is 39.5 Å². The van der Waals surface area contributed by atoms with Crippen LogP contribution in [0.1, 0.15) is 39.5 Å². The van der Waals surface area contributed by atoms with Crippen molar-refractivity contribution in [3.63, 3.8) is 0 Å². The van der Waals surface area contributed by atoms with Crippen LogP contribution in [-0.2, 0) is 14.3 Å². The minimum Gasteiger partial charge on any atom is -0.384 e. The third-order valence-electron chi connectivity index (χ3n) is 4.02. The molecule has 0 unspecified atom stereocenters. The van der Waals surface area contributed by atoms with Crippen LogP contribution in [0.5, 0.6) is 0 Å². The number of hydrogen-bond donors (Lipinski definition) is 0. The number of ether oxygens (including phenoxy) is 1. The van der Waals surface area contributed by atoms with Crippen LogP contribution in [0.4, 0.5) is 0 Å². The van der Waals surface area contributed by atoms with Gasteiger partial charge in [0.15, 0.2) is 0 Å². The topological polar surface area (TPSA) is 49.9 Å². The average molecular weight is 284 g/mol. The molecule has 1 fully saturated rings. The number of carbonyl (C=O) groups is 2. The molecule has 0 N–H and O–H groups in total. The Bertz CT molecular complexity index is 316. The van der Waals surface area contributed by atoms with Crippen molar-refractivity contribution >= 4 is 11.8 Å². The quantitative estimate of drug-likeness (QED) is 0.743. The van der Waals surface area contributed by atoms with Gasteiger partial charge in [0, 0.05) is 39.2 Å². The molecule has 1 aliphatic rings. The molecule has 1 heterocycles. The molecule has 1 saturated heterocycles. The largest absolute Gasteiger partial charge is 0.384 e. The second-order valence-electron chi connectivity index (χ2n) is 5.32. The van der Waals surface area contributed by atoms with Crippen molar-refractivity contribution in [1.82, 2.24) is 9.80 Å². The van der Waals surface area contributed by atoms with Gasteiger partial charge in [-0.2, -0.15) is 0 Å². The van der Waals surface area contributed by atoms with Crippen LogP contribution < -0.4 is 0 Å². The van der Waals surface area contributed by atoms with Crippen molar-refractivity contribution in [1.29, 1.82) is 0 Å². The van der Waals surface area contributed by atoms with Crippen LogP contribution in [0, 0.1) is 5.92 Å². The van der Waals surface area contributed by atoms with Gasteiger partial charge in [-0.25, -0.2) is 0 Å². The zero-order valence-corrected chi connectivity index (χ0v) is 13.1. The maximum absolute atomic E-state index is 12.4. The second kappa shape index (κ2) is 8.95. The third kappa shape index (κ3) is 4.78. The van der Waals surface area contributed by atoms with Gasteiger partial charge in [0.05, 0.1) is 13.0 Å². The second-order valence-corrected chi connectivity index (χ2v) is 5.32. The Kier molecular flexibility index (Phi) is 7.59. The minimum atomic E-state index is 0.128. The van der Waals surface area contributed by atoms with E-state index in [1.807, 2.05) is 9.80 Å². The van der Waals surface area contributed by atoms with Crippen molar-refractivity contribution < 1.29 is 14.3 Å². The monoisotopic (exact) mass is 284 g/mol. The summed E-state index contributed by atoms with van der Waals surface area (Å²) in [5, 5.41) is 0. The molecule has 0 radical (unpaired) electrons. The van der Waals surface area contributed by atoms with Crippen molar-refractivity contribution in [3.8, 4) is 0 Å². The predicted octanol–water partition coefficient (Wildman–Crippen LogP) is 1.52. The molecule has 116 valence electrons. The highest BCUT2D eigenvalue weighted by molar-refractivity contribution is 5.79. The lowest BCUT2D eigenvalue weighted by Crippen LogP contribution is -2.40. The molecule has 0 aliphatic carbocycles. The molecule has 0 atom stereocenters. The fraction of sp³-hybridized carbons (Fsp3) is 0.867. The Morgan fingerprint density at radius 1 is 1.05 bits per heavy atom. The van der Waals surface area contributed by atoms with E-state index < -0.39 is 0 Å². The molecule has 20 heavy (non-hydrogen) atoms. The molecule has 0 aromatic rings. The molecule has 0 bridgehead atoms. The first-order valence-corrected chi connectivity index (χ1v) is 7.69. The van der Waals surface area contributed by atoms with Gasteiger partial charge in [-0.1, -0.05) is 13.8 Å². The van der Waals surface area contributed by atoms with E-state index in [2.05, 4.69) is 13.8 Å². The van der Waals surface area contributed by atoms with Gasteiger partial charge in [0.1, 0.15) is 0 Å². The maximum atomic E-state index is 12.4. The van der Waals surface area contributed by atoms with E-state index >= 15 is 0 Å². The number of amides is 2. The number of rotatable bonds is 6. The minimum absolute atomic E-state index is 0.128. The molecule has 0 aromatic heterocycles. The molecular formula is C15H28N2O3. The summed E-state index contributed by atoms with van der Waals surface area (Å²) >= 11 is 0. The smallest absolute Gasteiger partial charge is 0.225 e. The van der Waals surface area contributed by atoms with Gasteiger partial charge in [-0.15, -0.1) is 0 Å². The van der Waals surface area contributed by atoms with Crippen molar-refractivity contribution in [3.05, 3.63) is 0 Å². The highest BCUT2D eigenvalue weighted by Gasteiger charge is 2.25. The Labute approximate surface area is 122 Å². The Morgan fingerprint density at radius 3 is 2.25 bits per heavy atom. The van der Waals surface area contributed by atoms with Crippen molar-refractivity contribution in [2.75, 3.05) is 39.9 Å². The molecule has 0 saturated carbocycles. The summed E-state index contributed by atoms with van der Waals surface area (Å²) in [6.45, 7) is 7.40. The zero-order chi connectivity index (χ0) is 15.0. The highest BCUT2D eigenvalue weighted by atomic mass is 16.5. The van der Waals surface area contributed by atoms with Gasteiger partial charge in [-0.3, -0.25) is 9.59 Å². The van der Waals surface area contributed by atoms with E-state index in [1.165, 1.54) is 0 Å². The van der Waals surface area contributed by atoms with Gasteiger partial charge < -0.3 is 14.5 Å². The Hall–Kier alpha value is -1.10. The fourth-order valence-electron chi connectivity index (χ4n) is 2.63. The van der Waals surface area contributed by atoms with E-state index in [4.69, 9.17) is 4.74 Å². The van der Waals surface area contributed by atoms with Gasteiger partial charge in [-0.05, 0) is 19.3 Å². The normalized spacial score (nSPS) is 16.4. The SMILES string of the molecule is CCC(CC)C(=O)N1CCCN(C(=O)CCOC)CC1.